The van der Waals surface area contributed by atoms with Gasteiger partial charge in [-0.3, -0.25) is 9.78 Å². The third-order valence-corrected chi connectivity index (χ3v) is 3.81. The maximum atomic E-state index is 12.0. The zero-order valence-electron chi connectivity index (χ0n) is 12.3. The van der Waals surface area contributed by atoms with Crippen molar-refractivity contribution >= 4 is 32.7 Å². The highest BCUT2D eigenvalue weighted by atomic mass is 79.9. The van der Waals surface area contributed by atoms with E-state index in [1.165, 1.54) is 0 Å². The van der Waals surface area contributed by atoms with E-state index in [4.69, 9.17) is 4.74 Å². The van der Waals surface area contributed by atoms with Crippen molar-refractivity contribution in [2.24, 2.45) is 0 Å². The molecule has 0 saturated heterocycles. The van der Waals surface area contributed by atoms with Crippen molar-refractivity contribution in [1.82, 2.24) is 10.3 Å². The number of ether oxygens (including phenoxy) is 1. The first-order chi connectivity index (χ1) is 11.2. The highest BCUT2D eigenvalue weighted by Gasteiger charge is 2.05. The van der Waals surface area contributed by atoms with E-state index in [1.54, 1.807) is 18.3 Å². The van der Waals surface area contributed by atoms with E-state index in [-0.39, 0.29) is 5.91 Å². The van der Waals surface area contributed by atoms with Crippen LogP contribution in [-0.2, 0) is 0 Å². The van der Waals surface area contributed by atoms with Crippen molar-refractivity contribution in [3.63, 3.8) is 0 Å². The maximum absolute atomic E-state index is 12.0. The molecule has 0 bridgehead atoms. The molecule has 0 radical (unpaired) electrons. The Balaban J connectivity index is 1.51. The molecular formula is C18H15BrN2O2. The lowest BCUT2D eigenvalue weighted by Gasteiger charge is -2.08. The molecule has 0 fully saturated rings. The van der Waals surface area contributed by atoms with Crippen molar-refractivity contribution in [1.29, 1.82) is 0 Å². The lowest BCUT2D eigenvalue weighted by Crippen LogP contribution is -2.28. The monoisotopic (exact) mass is 370 g/mol. The number of hydrogen-bond donors (Lipinski definition) is 1. The average molecular weight is 371 g/mol. The Labute approximate surface area is 142 Å². The van der Waals surface area contributed by atoms with Crippen LogP contribution < -0.4 is 10.1 Å². The minimum atomic E-state index is -0.113. The number of nitrogens with zero attached hydrogens (tertiary/aromatic N) is 1. The Bertz CT molecular complexity index is 836. The summed E-state index contributed by atoms with van der Waals surface area (Å²) in [6.07, 6.45) is 1.76. The van der Waals surface area contributed by atoms with Gasteiger partial charge in [-0.25, -0.2) is 0 Å². The van der Waals surface area contributed by atoms with E-state index in [0.29, 0.717) is 18.7 Å². The summed E-state index contributed by atoms with van der Waals surface area (Å²) in [6, 6.07) is 16.9. The van der Waals surface area contributed by atoms with Crippen LogP contribution in [0.5, 0.6) is 5.75 Å². The van der Waals surface area contributed by atoms with Crippen molar-refractivity contribution in [3.05, 3.63) is 70.8 Å². The first-order valence-corrected chi connectivity index (χ1v) is 8.03. The van der Waals surface area contributed by atoms with Gasteiger partial charge in [0, 0.05) is 21.6 Å². The smallest absolute Gasteiger partial charge is 0.251 e. The first-order valence-electron chi connectivity index (χ1n) is 7.24. The molecule has 3 aromatic rings. The van der Waals surface area contributed by atoms with Crippen LogP contribution in [0.4, 0.5) is 0 Å². The number of rotatable bonds is 5. The number of fused-ring (bicyclic) bond motifs is 1. The Morgan fingerprint density at radius 2 is 2.04 bits per heavy atom. The molecule has 3 rings (SSSR count). The molecule has 0 unspecified atom stereocenters. The fraction of sp³-hybridized carbons (Fsp3) is 0.111. The van der Waals surface area contributed by atoms with Gasteiger partial charge < -0.3 is 10.1 Å². The quantitative estimate of drug-likeness (QED) is 0.694. The third-order valence-electron chi connectivity index (χ3n) is 3.32. The molecule has 5 heteroatoms. The van der Waals surface area contributed by atoms with Crippen LogP contribution in [0.15, 0.2) is 65.3 Å². The highest BCUT2D eigenvalue weighted by Crippen LogP contribution is 2.18. The van der Waals surface area contributed by atoms with E-state index >= 15 is 0 Å². The summed E-state index contributed by atoms with van der Waals surface area (Å²) in [5.41, 5.74) is 1.55. The third kappa shape index (κ3) is 4.07. The van der Waals surface area contributed by atoms with Crippen LogP contribution in [0.2, 0.25) is 0 Å². The second-order valence-corrected chi connectivity index (χ2v) is 5.89. The molecule has 0 atom stereocenters. The lowest BCUT2D eigenvalue weighted by atomic mass is 10.2. The lowest BCUT2D eigenvalue weighted by molar-refractivity contribution is 0.0947. The summed E-state index contributed by atoms with van der Waals surface area (Å²) in [6.45, 7) is 0.849. The molecule has 1 N–H and O–H groups in total. The number of amides is 1. The summed E-state index contributed by atoms with van der Waals surface area (Å²) in [7, 11) is 0. The van der Waals surface area contributed by atoms with E-state index in [0.717, 1.165) is 21.1 Å². The standard InChI is InChI=1S/C18H15BrN2O2/c19-15-5-1-3-14(11-15)18(22)21-9-10-23-16-6-7-17-13(12-16)4-2-8-20-17/h1-8,11-12H,9-10H2,(H,21,22). The molecule has 0 saturated carbocycles. The van der Waals surface area contributed by atoms with E-state index in [9.17, 15) is 4.79 Å². The topological polar surface area (TPSA) is 51.2 Å². The van der Waals surface area contributed by atoms with Gasteiger partial charge in [0.25, 0.3) is 5.91 Å². The molecule has 116 valence electrons. The predicted octanol–water partition coefficient (Wildman–Crippen LogP) is 3.81. The summed E-state index contributed by atoms with van der Waals surface area (Å²) < 4.78 is 6.55. The van der Waals surface area contributed by atoms with Gasteiger partial charge >= 0.3 is 0 Å². The van der Waals surface area contributed by atoms with E-state index in [1.807, 2.05) is 42.5 Å². The number of pyridine rings is 1. The molecule has 23 heavy (non-hydrogen) atoms. The number of nitrogens with one attached hydrogen (secondary N) is 1. The summed E-state index contributed by atoms with van der Waals surface area (Å²) >= 11 is 3.35. The molecule has 0 spiro atoms. The van der Waals surface area contributed by atoms with Crippen LogP contribution in [0.1, 0.15) is 10.4 Å². The van der Waals surface area contributed by atoms with E-state index in [2.05, 4.69) is 26.2 Å². The number of hydrogen-bond acceptors (Lipinski definition) is 3. The molecule has 2 aromatic carbocycles. The zero-order valence-corrected chi connectivity index (χ0v) is 13.9. The Kier molecular flexibility index (Phi) is 4.88. The molecule has 0 aliphatic carbocycles. The van der Waals surface area contributed by atoms with Crippen molar-refractivity contribution in [2.75, 3.05) is 13.2 Å². The minimum absolute atomic E-state index is 0.113. The Morgan fingerprint density at radius 3 is 2.91 bits per heavy atom. The van der Waals surface area contributed by atoms with Gasteiger partial charge in [0.1, 0.15) is 12.4 Å². The summed E-state index contributed by atoms with van der Waals surface area (Å²) in [4.78, 5) is 16.3. The van der Waals surface area contributed by atoms with Crippen LogP contribution in [0.25, 0.3) is 10.9 Å². The number of carbonyl (C=O) groups is 1. The van der Waals surface area contributed by atoms with Crippen LogP contribution in [-0.4, -0.2) is 24.0 Å². The second kappa shape index (κ2) is 7.24. The van der Waals surface area contributed by atoms with Crippen molar-refractivity contribution in [2.45, 2.75) is 0 Å². The van der Waals surface area contributed by atoms with Gasteiger partial charge in [-0.15, -0.1) is 0 Å². The number of benzene rings is 2. The fourth-order valence-corrected chi connectivity index (χ4v) is 2.61. The van der Waals surface area contributed by atoms with Crippen molar-refractivity contribution in [3.8, 4) is 5.75 Å². The maximum Gasteiger partial charge on any atom is 0.251 e. The van der Waals surface area contributed by atoms with Gasteiger partial charge in [-0.1, -0.05) is 28.1 Å². The zero-order chi connectivity index (χ0) is 16.1. The number of aromatic nitrogens is 1. The average Bonchev–Trinajstić information content (AvgIpc) is 2.58. The van der Waals surface area contributed by atoms with Gasteiger partial charge in [-0.2, -0.15) is 0 Å². The number of carbonyl (C=O) groups excluding carboxylic acids is 1. The normalized spacial score (nSPS) is 10.5. The van der Waals surface area contributed by atoms with Crippen LogP contribution in [0, 0.1) is 0 Å². The highest BCUT2D eigenvalue weighted by molar-refractivity contribution is 9.10. The minimum Gasteiger partial charge on any atom is -0.492 e. The molecular weight excluding hydrogens is 356 g/mol. The van der Waals surface area contributed by atoms with Gasteiger partial charge in [-0.05, 0) is 42.5 Å². The molecule has 0 aliphatic heterocycles. The second-order valence-electron chi connectivity index (χ2n) is 4.97. The number of halogens is 1. The molecule has 1 aromatic heterocycles. The molecule has 4 nitrogen and oxygen atoms in total. The van der Waals surface area contributed by atoms with Crippen LogP contribution >= 0.6 is 15.9 Å². The van der Waals surface area contributed by atoms with Crippen LogP contribution in [0.3, 0.4) is 0 Å². The molecule has 1 amide bonds. The fourth-order valence-electron chi connectivity index (χ4n) is 2.21. The largest absolute Gasteiger partial charge is 0.492 e. The van der Waals surface area contributed by atoms with E-state index < -0.39 is 0 Å². The van der Waals surface area contributed by atoms with Crippen molar-refractivity contribution < 1.29 is 9.53 Å². The SMILES string of the molecule is O=C(NCCOc1ccc2ncccc2c1)c1cccc(Br)c1. The Morgan fingerprint density at radius 1 is 1.13 bits per heavy atom. The Hall–Kier alpha value is -2.40. The molecule has 0 aliphatic rings. The first kappa shape index (κ1) is 15.5. The molecule has 1 heterocycles. The summed E-state index contributed by atoms with van der Waals surface area (Å²) in [5, 5.41) is 3.87. The van der Waals surface area contributed by atoms with Gasteiger partial charge in [0.15, 0.2) is 0 Å². The summed E-state index contributed by atoms with van der Waals surface area (Å²) in [5.74, 6) is 0.653. The van der Waals surface area contributed by atoms with Gasteiger partial charge in [0.05, 0.1) is 12.1 Å². The predicted molar refractivity (Wildman–Crippen MR) is 93.7 cm³/mol. The van der Waals surface area contributed by atoms with Gasteiger partial charge in [0.2, 0.25) is 0 Å².